The number of rotatable bonds is 43. The van der Waals surface area contributed by atoms with Gasteiger partial charge in [0.05, 0.1) is 27.7 Å². The summed E-state index contributed by atoms with van der Waals surface area (Å²) in [5.74, 6) is -0.901. The van der Waals surface area contributed by atoms with Crippen LogP contribution in [0, 0.1) is 0 Å². The van der Waals surface area contributed by atoms with E-state index in [4.69, 9.17) is 18.5 Å². The molecule has 0 saturated carbocycles. The number of carbonyl (C=O) groups excluding carboxylic acids is 2. The molecular weight excluding hydrogens is 846 g/mol. The van der Waals surface area contributed by atoms with E-state index in [9.17, 15) is 19.0 Å². The lowest BCUT2D eigenvalue weighted by Gasteiger charge is -2.28. The Morgan fingerprint density at radius 1 is 0.485 bits per heavy atom. The molecule has 0 amide bonds. The predicted octanol–water partition coefficient (Wildman–Crippen LogP) is 14.4. The van der Waals surface area contributed by atoms with E-state index in [1.54, 1.807) is 0 Å². The third kappa shape index (κ3) is 49.6. The molecule has 66 heavy (non-hydrogen) atoms. The van der Waals surface area contributed by atoms with E-state index < -0.39 is 32.5 Å². The van der Waals surface area contributed by atoms with Crippen LogP contribution in [-0.2, 0) is 32.7 Å². The SMILES string of the molecule is CC/C=C\C/C=C\C/C=C\C/C=C\C/C=C\C/C=C\C/C=C\C/C=C\C/C=C\C/C=C\C/C=C\CCCCCC(=O)OC(COC(=O)CCCCCCC)COP(=O)([O-])OCC[N+](C)(C)C. The summed E-state index contributed by atoms with van der Waals surface area (Å²) in [6.07, 6.45) is 67.0. The first-order valence-electron chi connectivity index (χ1n) is 24.9. The molecule has 0 aliphatic rings. The Labute approximate surface area is 402 Å². The molecule has 0 bridgehead atoms. The summed E-state index contributed by atoms with van der Waals surface area (Å²) in [4.78, 5) is 37.2. The van der Waals surface area contributed by atoms with Crippen LogP contribution < -0.4 is 4.89 Å². The van der Waals surface area contributed by atoms with Gasteiger partial charge in [-0.1, -0.05) is 180 Å². The second kappa shape index (κ2) is 46.3. The summed E-state index contributed by atoms with van der Waals surface area (Å²) in [5.41, 5.74) is 0. The average molecular weight is 936 g/mol. The lowest BCUT2D eigenvalue weighted by Crippen LogP contribution is -2.37. The van der Waals surface area contributed by atoms with Gasteiger partial charge in [-0.15, -0.1) is 0 Å². The quantitative estimate of drug-likeness (QED) is 0.0195. The zero-order valence-electron chi connectivity index (χ0n) is 41.8. The number of carbonyl (C=O) groups is 2. The fourth-order valence-electron chi connectivity index (χ4n) is 5.83. The third-order valence-electron chi connectivity index (χ3n) is 9.69. The number of likely N-dealkylation sites (N-methyl/N-ethyl adjacent to an activating group) is 1. The maximum atomic E-state index is 12.6. The number of unbranched alkanes of at least 4 members (excludes halogenated alkanes) is 7. The Morgan fingerprint density at radius 3 is 1.27 bits per heavy atom. The van der Waals surface area contributed by atoms with Gasteiger partial charge in [-0.25, -0.2) is 0 Å². The molecule has 9 nitrogen and oxygen atoms in total. The van der Waals surface area contributed by atoms with Gasteiger partial charge in [-0.3, -0.25) is 14.2 Å². The van der Waals surface area contributed by atoms with Crippen LogP contribution in [0.5, 0.6) is 0 Å². The van der Waals surface area contributed by atoms with Gasteiger partial charge in [0.15, 0.2) is 6.10 Å². The van der Waals surface area contributed by atoms with E-state index in [2.05, 4.69) is 148 Å². The first kappa shape index (κ1) is 62.1. The standard InChI is InChI=1S/C56H90NO8P/c1-6-8-10-12-13-14-15-16-17-18-19-20-21-22-23-24-25-26-27-28-29-30-31-32-33-34-35-36-37-38-39-40-41-42-43-45-47-49-56(59)65-54(52-62-55(58)48-46-44-11-9-7-2)53-64-66(60,61)63-51-50-57(3,4)5/h8,10,13-14,16-17,19-20,22-23,25-26,28-29,31-32,34-35,37-38,40-41,54H,6-7,9,11-12,15,18,21,24,27,30,33,36,39,42-53H2,1-5H3/b10-8-,14-13-,17-16-,20-19-,23-22-,26-25-,29-28-,32-31-,35-34-,38-37-,41-40-. The second-order valence-electron chi connectivity index (χ2n) is 17.1. The van der Waals surface area contributed by atoms with E-state index >= 15 is 0 Å². The highest BCUT2D eigenvalue weighted by atomic mass is 31.2. The van der Waals surface area contributed by atoms with Crippen molar-refractivity contribution in [1.82, 2.24) is 0 Å². The molecule has 0 heterocycles. The number of quaternary nitrogens is 1. The van der Waals surface area contributed by atoms with Crippen LogP contribution in [0.2, 0.25) is 0 Å². The smallest absolute Gasteiger partial charge is 0.306 e. The van der Waals surface area contributed by atoms with E-state index in [1.165, 1.54) is 0 Å². The summed E-state index contributed by atoms with van der Waals surface area (Å²) >= 11 is 0. The van der Waals surface area contributed by atoms with Crippen LogP contribution >= 0.6 is 7.82 Å². The lowest BCUT2D eigenvalue weighted by atomic mass is 10.1. The van der Waals surface area contributed by atoms with Crippen LogP contribution in [0.4, 0.5) is 0 Å². The maximum Gasteiger partial charge on any atom is 0.306 e. The molecule has 0 fully saturated rings. The molecule has 0 aliphatic heterocycles. The molecule has 0 aliphatic carbocycles. The summed E-state index contributed by atoms with van der Waals surface area (Å²) < 4.78 is 33.6. The van der Waals surface area contributed by atoms with Crippen LogP contribution in [0.15, 0.2) is 134 Å². The normalized spacial score (nSPS) is 14.6. The minimum atomic E-state index is -4.63. The first-order valence-corrected chi connectivity index (χ1v) is 26.4. The number of phosphoric acid groups is 1. The molecule has 372 valence electrons. The van der Waals surface area contributed by atoms with Gasteiger partial charge < -0.3 is 27.9 Å². The van der Waals surface area contributed by atoms with Crippen LogP contribution in [0.1, 0.15) is 155 Å². The minimum absolute atomic E-state index is 0.0446. The van der Waals surface area contributed by atoms with Gasteiger partial charge in [0, 0.05) is 12.8 Å². The molecule has 0 radical (unpaired) electrons. The monoisotopic (exact) mass is 936 g/mol. The molecule has 0 aromatic carbocycles. The predicted molar refractivity (Wildman–Crippen MR) is 277 cm³/mol. The van der Waals surface area contributed by atoms with Crippen molar-refractivity contribution in [3.05, 3.63) is 134 Å². The van der Waals surface area contributed by atoms with Crippen molar-refractivity contribution in [3.8, 4) is 0 Å². The molecule has 0 spiro atoms. The topological polar surface area (TPSA) is 111 Å². The lowest BCUT2D eigenvalue weighted by molar-refractivity contribution is -0.870. The number of allylic oxidation sites excluding steroid dienone is 22. The van der Waals surface area contributed by atoms with E-state index in [0.29, 0.717) is 23.9 Å². The van der Waals surface area contributed by atoms with Crippen LogP contribution in [-0.4, -0.2) is 70.0 Å². The molecule has 0 aromatic heterocycles. The van der Waals surface area contributed by atoms with Crippen molar-refractivity contribution in [2.24, 2.45) is 0 Å². The van der Waals surface area contributed by atoms with Gasteiger partial charge in [0.1, 0.15) is 19.8 Å². The summed E-state index contributed by atoms with van der Waals surface area (Å²) in [6.45, 7) is 3.93. The Hall–Kier alpha value is -3.85. The Balaban J connectivity index is 4.13. The molecule has 0 aromatic rings. The number of hydrogen-bond donors (Lipinski definition) is 0. The summed E-state index contributed by atoms with van der Waals surface area (Å²) in [5, 5.41) is 0. The largest absolute Gasteiger partial charge is 0.756 e. The highest BCUT2D eigenvalue weighted by Crippen LogP contribution is 2.38. The Kier molecular flexibility index (Phi) is 43.6. The zero-order chi connectivity index (χ0) is 48.5. The highest BCUT2D eigenvalue weighted by Gasteiger charge is 2.21. The van der Waals surface area contributed by atoms with Crippen molar-refractivity contribution in [2.75, 3.05) is 47.5 Å². The number of hydrogen-bond acceptors (Lipinski definition) is 8. The Bertz CT molecular complexity index is 1570. The second-order valence-corrected chi connectivity index (χ2v) is 18.5. The van der Waals surface area contributed by atoms with Gasteiger partial charge >= 0.3 is 11.9 Å². The third-order valence-corrected chi connectivity index (χ3v) is 10.6. The van der Waals surface area contributed by atoms with Crippen LogP contribution in [0.3, 0.4) is 0 Å². The average Bonchev–Trinajstić information content (AvgIpc) is 3.27. The maximum absolute atomic E-state index is 12.6. The Morgan fingerprint density at radius 2 is 0.864 bits per heavy atom. The minimum Gasteiger partial charge on any atom is -0.756 e. The molecule has 0 saturated heterocycles. The molecule has 10 heteroatoms. The van der Waals surface area contributed by atoms with E-state index in [1.807, 2.05) is 21.1 Å². The van der Waals surface area contributed by atoms with Crippen molar-refractivity contribution < 1.29 is 42.1 Å². The van der Waals surface area contributed by atoms with E-state index in [-0.39, 0.29) is 26.1 Å². The van der Waals surface area contributed by atoms with Gasteiger partial charge in [0.2, 0.25) is 0 Å². The molecule has 0 N–H and O–H groups in total. The van der Waals surface area contributed by atoms with Crippen molar-refractivity contribution in [2.45, 2.75) is 161 Å². The zero-order valence-corrected chi connectivity index (χ0v) is 42.7. The number of esters is 2. The number of ether oxygens (including phenoxy) is 2. The summed E-state index contributed by atoms with van der Waals surface area (Å²) in [7, 11) is 1.12. The molecule has 2 unspecified atom stereocenters. The fraction of sp³-hybridized carbons (Fsp3) is 0.571. The fourth-order valence-corrected chi connectivity index (χ4v) is 6.56. The highest BCUT2D eigenvalue weighted by molar-refractivity contribution is 7.45. The van der Waals surface area contributed by atoms with Crippen molar-refractivity contribution in [3.63, 3.8) is 0 Å². The van der Waals surface area contributed by atoms with Crippen LogP contribution in [0.25, 0.3) is 0 Å². The molecule has 2 atom stereocenters. The van der Waals surface area contributed by atoms with Crippen molar-refractivity contribution in [1.29, 1.82) is 0 Å². The summed E-state index contributed by atoms with van der Waals surface area (Å²) in [6, 6.07) is 0. The molecular formula is C56H90NO8P. The van der Waals surface area contributed by atoms with Gasteiger partial charge in [-0.2, -0.15) is 0 Å². The first-order chi connectivity index (χ1) is 32.0. The van der Waals surface area contributed by atoms with Gasteiger partial charge in [0.25, 0.3) is 7.82 Å². The van der Waals surface area contributed by atoms with Crippen molar-refractivity contribution >= 4 is 19.8 Å². The number of nitrogens with zero attached hydrogens (tertiary/aromatic N) is 1. The van der Waals surface area contributed by atoms with Gasteiger partial charge in [-0.05, 0) is 96.3 Å². The van der Waals surface area contributed by atoms with E-state index in [0.717, 1.165) is 116 Å². The molecule has 0 rings (SSSR count). The number of phosphoric ester groups is 1.